The maximum atomic E-state index is 12.6. The number of hydrogen-bond acceptors (Lipinski definition) is 4. The van der Waals surface area contributed by atoms with E-state index in [-0.39, 0.29) is 29.9 Å². The quantitative estimate of drug-likeness (QED) is 0.439. The minimum absolute atomic E-state index is 0.0147. The summed E-state index contributed by atoms with van der Waals surface area (Å²) in [5.74, 6) is 0.761. The van der Waals surface area contributed by atoms with E-state index in [1.165, 1.54) is 13.2 Å². The Labute approximate surface area is 179 Å². The Morgan fingerprint density at radius 2 is 2.03 bits per heavy atom. The molecule has 0 aliphatic carbocycles. The van der Waals surface area contributed by atoms with Crippen LogP contribution >= 0.6 is 0 Å². The van der Waals surface area contributed by atoms with Crippen molar-refractivity contribution in [2.24, 2.45) is 4.99 Å². The van der Waals surface area contributed by atoms with Crippen LogP contribution in [0.2, 0.25) is 0 Å². The van der Waals surface area contributed by atoms with E-state index in [1.807, 2.05) is 31.2 Å². The Hall–Kier alpha value is -3.36. The summed E-state index contributed by atoms with van der Waals surface area (Å²) in [6, 6.07) is 12.5. The van der Waals surface area contributed by atoms with E-state index in [0.717, 1.165) is 11.3 Å². The third-order valence-electron chi connectivity index (χ3n) is 4.83. The second-order valence-corrected chi connectivity index (χ2v) is 6.98. The monoisotopic (exact) mass is 432 g/mol. The SMILES string of the molecule is CCNC(=NCc1ccc(OC)c(OC(F)F)c1)NCC1CC(=O)Nc2ccccc21. The highest BCUT2D eigenvalue weighted by Gasteiger charge is 2.24. The summed E-state index contributed by atoms with van der Waals surface area (Å²) >= 11 is 0. The number of halogens is 2. The van der Waals surface area contributed by atoms with Gasteiger partial charge in [-0.2, -0.15) is 8.78 Å². The van der Waals surface area contributed by atoms with Gasteiger partial charge in [0.1, 0.15) is 0 Å². The Morgan fingerprint density at radius 3 is 2.77 bits per heavy atom. The van der Waals surface area contributed by atoms with E-state index < -0.39 is 6.61 Å². The van der Waals surface area contributed by atoms with Crippen molar-refractivity contribution in [2.75, 3.05) is 25.5 Å². The number of hydrogen-bond donors (Lipinski definition) is 3. The Morgan fingerprint density at radius 1 is 1.23 bits per heavy atom. The average Bonchev–Trinajstić information content (AvgIpc) is 2.75. The van der Waals surface area contributed by atoms with Gasteiger partial charge in [0.25, 0.3) is 0 Å². The van der Waals surface area contributed by atoms with Gasteiger partial charge < -0.3 is 25.4 Å². The number of rotatable bonds is 8. The Bertz CT molecular complexity index is 937. The maximum Gasteiger partial charge on any atom is 0.387 e. The molecule has 1 aliphatic rings. The molecule has 2 aromatic rings. The molecule has 0 fully saturated rings. The number of methoxy groups -OCH3 is 1. The van der Waals surface area contributed by atoms with Crippen LogP contribution in [-0.4, -0.2) is 38.7 Å². The number of alkyl halides is 2. The molecule has 31 heavy (non-hydrogen) atoms. The molecule has 9 heteroatoms. The number of aliphatic imine (C=N–C) groups is 1. The zero-order chi connectivity index (χ0) is 22.2. The molecule has 0 saturated carbocycles. The van der Waals surface area contributed by atoms with Crippen molar-refractivity contribution in [3.8, 4) is 11.5 Å². The van der Waals surface area contributed by atoms with Gasteiger partial charge in [-0.3, -0.25) is 4.79 Å². The number of guanidine groups is 1. The number of anilines is 1. The van der Waals surface area contributed by atoms with Gasteiger partial charge >= 0.3 is 6.61 Å². The van der Waals surface area contributed by atoms with Crippen molar-refractivity contribution in [3.05, 3.63) is 53.6 Å². The summed E-state index contributed by atoms with van der Waals surface area (Å²) in [5.41, 5.74) is 2.60. The first kappa shape index (κ1) is 22.3. The van der Waals surface area contributed by atoms with Crippen molar-refractivity contribution in [1.82, 2.24) is 10.6 Å². The Kier molecular flexibility index (Phi) is 7.64. The summed E-state index contributed by atoms with van der Waals surface area (Å²) in [6.07, 6.45) is 0.385. The van der Waals surface area contributed by atoms with Crippen LogP contribution in [0.15, 0.2) is 47.5 Å². The number of benzene rings is 2. The number of carbonyl (C=O) groups excluding carboxylic acids is 1. The van der Waals surface area contributed by atoms with E-state index in [9.17, 15) is 13.6 Å². The number of carbonyl (C=O) groups is 1. The van der Waals surface area contributed by atoms with Crippen LogP contribution in [0.4, 0.5) is 14.5 Å². The molecule has 1 unspecified atom stereocenters. The highest BCUT2D eigenvalue weighted by atomic mass is 19.3. The lowest BCUT2D eigenvalue weighted by atomic mass is 9.90. The zero-order valence-corrected chi connectivity index (χ0v) is 17.5. The van der Waals surface area contributed by atoms with E-state index in [2.05, 4.69) is 25.7 Å². The van der Waals surface area contributed by atoms with Gasteiger partial charge in [0, 0.05) is 31.1 Å². The molecular formula is C22H26F2N4O3. The highest BCUT2D eigenvalue weighted by molar-refractivity contribution is 5.94. The number of ether oxygens (including phenoxy) is 2. The predicted molar refractivity (Wildman–Crippen MR) is 115 cm³/mol. The molecular weight excluding hydrogens is 406 g/mol. The van der Waals surface area contributed by atoms with E-state index in [0.29, 0.717) is 31.0 Å². The van der Waals surface area contributed by atoms with E-state index in [1.54, 1.807) is 12.1 Å². The second-order valence-electron chi connectivity index (χ2n) is 6.98. The zero-order valence-electron chi connectivity index (χ0n) is 17.5. The molecule has 7 nitrogen and oxygen atoms in total. The molecule has 1 aliphatic heterocycles. The molecule has 1 atom stereocenters. The third kappa shape index (κ3) is 6.07. The fourth-order valence-electron chi connectivity index (χ4n) is 3.42. The molecule has 0 bridgehead atoms. The van der Waals surface area contributed by atoms with Gasteiger partial charge in [-0.1, -0.05) is 24.3 Å². The van der Waals surface area contributed by atoms with Crippen molar-refractivity contribution in [1.29, 1.82) is 0 Å². The molecule has 0 radical (unpaired) electrons. The smallest absolute Gasteiger partial charge is 0.387 e. The predicted octanol–water partition coefficient (Wildman–Crippen LogP) is 3.48. The van der Waals surface area contributed by atoms with Crippen molar-refractivity contribution >= 4 is 17.6 Å². The minimum Gasteiger partial charge on any atom is -0.493 e. The molecule has 1 heterocycles. The largest absolute Gasteiger partial charge is 0.493 e. The molecule has 0 spiro atoms. The summed E-state index contributed by atoms with van der Waals surface area (Å²) in [6.45, 7) is 0.430. The number of para-hydroxylation sites is 1. The topological polar surface area (TPSA) is 84.0 Å². The fraction of sp³-hybridized carbons (Fsp3) is 0.364. The first-order valence-corrected chi connectivity index (χ1v) is 10.0. The molecule has 166 valence electrons. The van der Waals surface area contributed by atoms with Crippen molar-refractivity contribution in [3.63, 3.8) is 0 Å². The molecule has 1 amide bonds. The maximum absolute atomic E-state index is 12.6. The van der Waals surface area contributed by atoms with Crippen molar-refractivity contribution in [2.45, 2.75) is 32.4 Å². The molecule has 2 aromatic carbocycles. The highest BCUT2D eigenvalue weighted by Crippen LogP contribution is 2.31. The van der Waals surface area contributed by atoms with Gasteiger partial charge in [-0.15, -0.1) is 0 Å². The second kappa shape index (κ2) is 10.6. The first-order chi connectivity index (χ1) is 15.0. The first-order valence-electron chi connectivity index (χ1n) is 10.0. The lowest BCUT2D eigenvalue weighted by Gasteiger charge is -2.26. The summed E-state index contributed by atoms with van der Waals surface area (Å²) < 4.78 is 34.9. The minimum atomic E-state index is -2.94. The van der Waals surface area contributed by atoms with Gasteiger partial charge in [-0.25, -0.2) is 4.99 Å². The normalized spacial score (nSPS) is 15.8. The third-order valence-corrected chi connectivity index (χ3v) is 4.83. The molecule has 3 N–H and O–H groups in total. The number of nitrogens with zero attached hydrogens (tertiary/aromatic N) is 1. The van der Waals surface area contributed by atoms with Crippen LogP contribution in [0.5, 0.6) is 11.5 Å². The van der Waals surface area contributed by atoms with Crippen LogP contribution in [0, 0.1) is 0 Å². The molecule has 0 saturated heterocycles. The summed E-state index contributed by atoms with van der Waals surface area (Å²) in [7, 11) is 1.39. The van der Waals surface area contributed by atoms with Crippen molar-refractivity contribution < 1.29 is 23.0 Å². The van der Waals surface area contributed by atoms with E-state index >= 15 is 0 Å². The molecule has 0 aromatic heterocycles. The summed E-state index contributed by atoms with van der Waals surface area (Å²) in [4.78, 5) is 16.5. The van der Waals surface area contributed by atoms with Gasteiger partial charge in [-0.05, 0) is 36.2 Å². The van der Waals surface area contributed by atoms with Gasteiger partial charge in [0.05, 0.1) is 13.7 Å². The fourth-order valence-corrected chi connectivity index (χ4v) is 3.42. The standard InChI is InChI=1S/C22H26F2N4O3/c1-3-25-22(26-12-14-8-9-18(30-2)19(10-14)31-21(23)24)27-13-15-11-20(29)28-17-7-5-4-6-16(15)17/h4-10,15,21H,3,11-13H2,1-2H3,(H,28,29)(H2,25,26,27). The van der Waals surface area contributed by atoms with Crippen LogP contribution in [0.1, 0.15) is 30.4 Å². The lowest BCUT2D eigenvalue weighted by Crippen LogP contribution is -2.40. The molecule has 3 rings (SSSR count). The summed E-state index contributed by atoms with van der Waals surface area (Å²) in [5, 5.41) is 9.32. The number of nitrogens with one attached hydrogen (secondary N) is 3. The van der Waals surface area contributed by atoms with Crippen LogP contribution < -0.4 is 25.4 Å². The Balaban J connectivity index is 1.69. The lowest BCUT2D eigenvalue weighted by molar-refractivity contribution is -0.116. The number of amides is 1. The van der Waals surface area contributed by atoms with Crippen LogP contribution in [-0.2, 0) is 11.3 Å². The van der Waals surface area contributed by atoms with Crippen LogP contribution in [0.3, 0.4) is 0 Å². The van der Waals surface area contributed by atoms with Gasteiger partial charge in [0.2, 0.25) is 5.91 Å². The van der Waals surface area contributed by atoms with Crippen LogP contribution in [0.25, 0.3) is 0 Å². The van der Waals surface area contributed by atoms with E-state index in [4.69, 9.17) is 4.74 Å². The van der Waals surface area contributed by atoms with Gasteiger partial charge in [0.15, 0.2) is 17.5 Å². The number of fused-ring (bicyclic) bond motifs is 1. The average molecular weight is 432 g/mol.